The summed E-state index contributed by atoms with van der Waals surface area (Å²) in [7, 11) is -0.623. The lowest BCUT2D eigenvalue weighted by Gasteiger charge is -2.13. The molecule has 6 unspecified atom stereocenters. The first-order valence-electron chi connectivity index (χ1n) is 9.32. The largest absolute Gasteiger partial charge is 0.175 e. The van der Waals surface area contributed by atoms with E-state index < -0.39 is 8.83 Å². The van der Waals surface area contributed by atoms with Gasteiger partial charge in [-0.1, -0.05) is 61.8 Å². The fourth-order valence-electron chi connectivity index (χ4n) is 5.07. The third-order valence-corrected chi connectivity index (χ3v) is 8.43. The van der Waals surface area contributed by atoms with Crippen LogP contribution in [-0.4, -0.2) is 8.83 Å². The fourth-order valence-corrected chi connectivity index (χ4v) is 6.21. The van der Waals surface area contributed by atoms with Crippen LogP contribution in [-0.2, 0) is 0 Å². The molecule has 0 N–H and O–H groups in total. The van der Waals surface area contributed by atoms with E-state index >= 15 is 0 Å². The molecular weight excluding hydrogens is 340 g/mol. The highest BCUT2D eigenvalue weighted by atomic mass is 35.6. The summed E-state index contributed by atoms with van der Waals surface area (Å²) < 4.78 is 0. The van der Waals surface area contributed by atoms with Gasteiger partial charge in [-0.05, 0) is 53.2 Å². The molecule has 2 saturated carbocycles. The van der Waals surface area contributed by atoms with Gasteiger partial charge in [-0.15, -0.1) is 11.5 Å². The van der Waals surface area contributed by atoms with Gasteiger partial charge in [0.05, 0.1) is 0 Å². The highest BCUT2D eigenvalue weighted by Crippen LogP contribution is 2.49. The Morgan fingerprint density at radius 2 is 1.40 bits per heavy atom. The van der Waals surface area contributed by atoms with Gasteiger partial charge in [0, 0.05) is 11.8 Å². The molecule has 0 heterocycles. The summed E-state index contributed by atoms with van der Waals surface area (Å²) in [5, 5.41) is 0. The van der Waals surface area contributed by atoms with Crippen LogP contribution in [0.4, 0.5) is 0 Å². The zero-order chi connectivity index (χ0) is 17.4. The van der Waals surface area contributed by atoms with Crippen molar-refractivity contribution in [2.24, 2.45) is 35.5 Å². The van der Waals surface area contributed by atoms with E-state index in [4.69, 9.17) is 11.1 Å². The number of allylic oxidation sites excluding steroid dienone is 10. The van der Waals surface area contributed by atoms with Gasteiger partial charge in [0.15, 0.2) is 0 Å². The molecule has 2 fully saturated rings. The molecule has 25 heavy (non-hydrogen) atoms. The van der Waals surface area contributed by atoms with Crippen LogP contribution in [0.5, 0.6) is 0 Å². The van der Waals surface area contributed by atoms with Gasteiger partial charge >= 0.3 is 0 Å². The van der Waals surface area contributed by atoms with Crippen molar-refractivity contribution in [1.82, 2.24) is 0 Å². The Morgan fingerprint density at radius 3 is 1.76 bits per heavy atom. The standard InChI is InChI=1S/C23H25ClSi/c1-3-15-13-17-5-9-20(15)22(17)11-7-19(25-24)8-12-23-18-6-10-21(23)16(4-2)14-18/h5-12,17-23H,1-2,13-14,25H2. The fraction of sp³-hybridized carbons (Fsp3) is 0.391. The Morgan fingerprint density at radius 1 is 0.920 bits per heavy atom. The molecule has 4 rings (SSSR count). The molecule has 4 aliphatic rings. The van der Waals surface area contributed by atoms with E-state index in [0.29, 0.717) is 41.0 Å². The molecule has 128 valence electrons. The van der Waals surface area contributed by atoms with E-state index in [-0.39, 0.29) is 0 Å². The first-order valence-corrected chi connectivity index (χ1v) is 12.3. The van der Waals surface area contributed by atoms with Gasteiger partial charge in [-0.25, -0.2) is 0 Å². The normalized spacial score (nSPS) is 39.6. The highest BCUT2D eigenvalue weighted by Gasteiger charge is 2.40. The highest BCUT2D eigenvalue weighted by molar-refractivity contribution is 6.95. The van der Waals surface area contributed by atoms with Crippen LogP contribution in [0.3, 0.4) is 0 Å². The lowest BCUT2D eigenvalue weighted by Crippen LogP contribution is -2.05. The molecule has 0 aliphatic heterocycles. The van der Waals surface area contributed by atoms with Crippen molar-refractivity contribution in [3.05, 3.63) is 84.4 Å². The van der Waals surface area contributed by atoms with Gasteiger partial charge in [0.1, 0.15) is 8.83 Å². The average Bonchev–Trinajstić information content (AvgIpc) is 3.40. The first kappa shape index (κ1) is 16.9. The Labute approximate surface area is 158 Å². The molecule has 4 aliphatic carbocycles. The predicted molar refractivity (Wildman–Crippen MR) is 110 cm³/mol. The summed E-state index contributed by atoms with van der Waals surface area (Å²) in [4.78, 5) is 0. The molecule has 0 radical (unpaired) electrons. The Bertz CT molecular complexity index is 706. The van der Waals surface area contributed by atoms with Gasteiger partial charge < -0.3 is 0 Å². The third-order valence-electron chi connectivity index (χ3n) is 6.46. The lowest BCUT2D eigenvalue weighted by atomic mass is 9.93. The number of fused-ring (bicyclic) bond motifs is 4. The van der Waals surface area contributed by atoms with Crippen LogP contribution in [0.25, 0.3) is 0 Å². The van der Waals surface area contributed by atoms with Crippen LogP contribution in [0.15, 0.2) is 84.4 Å². The zero-order valence-electron chi connectivity index (χ0n) is 14.6. The SMILES string of the molecule is C=C=C1CC2C=CC1C2C=CC(C=CC1C2C=CC1C(=C=C)C2)[SiH2]Cl. The lowest BCUT2D eigenvalue weighted by molar-refractivity contribution is 0.537. The minimum atomic E-state index is -0.623. The Balaban J connectivity index is 1.42. The van der Waals surface area contributed by atoms with E-state index in [9.17, 15) is 0 Å². The monoisotopic (exact) mass is 364 g/mol. The van der Waals surface area contributed by atoms with Gasteiger partial charge in [0.25, 0.3) is 0 Å². The molecular formula is C23H25ClSi. The number of hydrogen-bond donors (Lipinski definition) is 0. The minimum absolute atomic E-state index is 0.439. The summed E-state index contributed by atoms with van der Waals surface area (Å²) in [6, 6.07) is 0. The van der Waals surface area contributed by atoms with Crippen LogP contribution in [0.1, 0.15) is 12.8 Å². The summed E-state index contributed by atoms with van der Waals surface area (Å²) in [5.74, 6) is 3.52. The quantitative estimate of drug-likeness (QED) is 0.269. The third kappa shape index (κ3) is 2.96. The van der Waals surface area contributed by atoms with Crippen molar-refractivity contribution in [3.8, 4) is 0 Å². The van der Waals surface area contributed by atoms with Crippen LogP contribution in [0, 0.1) is 35.5 Å². The van der Waals surface area contributed by atoms with Crippen molar-refractivity contribution in [1.29, 1.82) is 0 Å². The van der Waals surface area contributed by atoms with E-state index in [1.54, 1.807) is 0 Å². The molecule has 0 nitrogen and oxygen atoms in total. The second-order valence-corrected chi connectivity index (χ2v) is 9.88. The molecule has 0 spiro atoms. The minimum Gasteiger partial charge on any atom is -0.175 e. The van der Waals surface area contributed by atoms with E-state index in [2.05, 4.69) is 73.2 Å². The Hall–Kier alpha value is -1.49. The second-order valence-electron chi connectivity index (χ2n) is 7.70. The van der Waals surface area contributed by atoms with E-state index in [1.165, 1.54) is 11.1 Å². The van der Waals surface area contributed by atoms with Crippen LogP contribution < -0.4 is 0 Å². The van der Waals surface area contributed by atoms with Crippen LogP contribution in [0.2, 0.25) is 5.54 Å². The van der Waals surface area contributed by atoms with Gasteiger partial charge in [-0.3, -0.25) is 0 Å². The molecule has 4 bridgehead atoms. The molecule has 6 atom stereocenters. The molecule has 0 aromatic rings. The van der Waals surface area contributed by atoms with Gasteiger partial charge in [0.2, 0.25) is 0 Å². The van der Waals surface area contributed by atoms with Crippen molar-refractivity contribution < 1.29 is 0 Å². The topological polar surface area (TPSA) is 0 Å². The van der Waals surface area contributed by atoms with E-state index in [0.717, 1.165) is 12.8 Å². The van der Waals surface area contributed by atoms with Crippen LogP contribution >= 0.6 is 11.1 Å². The second kappa shape index (κ2) is 7.02. The molecule has 0 aromatic carbocycles. The smallest absolute Gasteiger partial charge is 0.135 e. The summed E-state index contributed by atoms with van der Waals surface area (Å²) in [6.45, 7) is 7.70. The number of rotatable bonds is 5. The molecule has 0 aromatic heterocycles. The van der Waals surface area contributed by atoms with Crippen molar-refractivity contribution >= 4 is 19.9 Å². The average molecular weight is 365 g/mol. The molecule has 0 amide bonds. The maximum Gasteiger partial charge on any atom is 0.135 e. The molecule has 0 saturated heterocycles. The predicted octanol–water partition coefficient (Wildman–Crippen LogP) is 5.28. The maximum atomic E-state index is 6.38. The first-order chi connectivity index (χ1) is 12.2. The molecule has 2 heteroatoms. The Kier molecular flexibility index (Phi) is 4.76. The van der Waals surface area contributed by atoms with E-state index in [1.807, 2.05) is 0 Å². The summed E-state index contributed by atoms with van der Waals surface area (Å²) in [6.07, 6.45) is 21.3. The van der Waals surface area contributed by atoms with Crippen molar-refractivity contribution in [2.45, 2.75) is 18.4 Å². The summed E-state index contributed by atoms with van der Waals surface area (Å²) >= 11 is 6.38. The van der Waals surface area contributed by atoms with Crippen molar-refractivity contribution in [2.75, 3.05) is 0 Å². The maximum absolute atomic E-state index is 6.38. The summed E-state index contributed by atoms with van der Waals surface area (Å²) in [5.41, 5.74) is 9.50. The number of halogens is 1. The van der Waals surface area contributed by atoms with Crippen molar-refractivity contribution in [3.63, 3.8) is 0 Å². The zero-order valence-corrected chi connectivity index (χ0v) is 16.7. The van der Waals surface area contributed by atoms with Gasteiger partial charge in [-0.2, -0.15) is 11.1 Å². The number of hydrogen-bond acceptors (Lipinski definition) is 0.